The van der Waals surface area contributed by atoms with E-state index in [1.54, 1.807) is 20.3 Å². The van der Waals surface area contributed by atoms with E-state index in [0.717, 1.165) is 11.8 Å². The first-order valence-electron chi connectivity index (χ1n) is 9.19. The minimum atomic E-state index is -0.634. The Morgan fingerprint density at radius 1 is 1.13 bits per heavy atom. The highest BCUT2D eigenvalue weighted by atomic mass is 16.5. The molecule has 0 atom stereocenters. The fraction of sp³-hybridized carbons (Fsp3) is 0.263. The first-order valence-corrected chi connectivity index (χ1v) is 9.19. The molecule has 0 fully saturated rings. The van der Waals surface area contributed by atoms with Crippen molar-refractivity contribution in [2.75, 3.05) is 33.0 Å². The summed E-state index contributed by atoms with van der Waals surface area (Å²) in [5.74, 6) is 0.0790. The van der Waals surface area contributed by atoms with Crippen LogP contribution in [0.1, 0.15) is 16.1 Å². The Hall–Kier alpha value is -4.22. The Morgan fingerprint density at radius 3 is 2.65 bits per heavy atom. The number of hydrogen-bond acceptors (Lipinski definition) is 9. The molecule has 12 nitrogen and oxygen atoms in total. The number of nitrogens with two attached hydrogens (primary N) is 1. The van der Waals surface area contributed by atoms with Crippen molar-refractivity contribution in [2.24, 2.45) is 0 Å². The molecule has 0 spiro atoms. The molecule has 1 aromatic carbocycles. The predicted octanol–water partition coefficient (Wildman–Crippen LogP) is -0.599. The first kappa shape index (κ1) is 21.5. The smallest absolute Gasteiger partial charge is 0.280 e. The maximum atomic E-state index is 12.2. The van der Waals surface area contributed by atoms with Crippen molar-refractivity contribution < 1.29 is 19.1 Å². The molecule has 2 amide bonds. The van der Waals surface area contributed by atoms with E-state index in [0.29, 0.717) is 24.5 Å². The van der Waals surface area contributed by atoms with Crippen LogP contribution in [0.5, 0.6) is 11.5 Å². The van der Waals surface area contributed by atoms with Gasteiger partial charge in [-0.05, 0) is 24.1 Å². The number of nitrogens with one attached hydrogen (secondary N) is 3. The quantitative estimate of drug-likeness (QED) is 0.366. The number of nitrogen functional groups attached to an aromatic ring is 1. The number of nitrogens with zero attached hydrogens (tertiary/aromatic N) is 3. The summed E-state index contributed by atoms with van der Waals surface area (Å²) in [5.41, 5.74) is 5.66. The molecular weight excluding hydrogens is 406 g/mol. The van der Waals surface area contributed by atoms with Gasteiger partial charge in [0.25, 0.3) is 11.5 Å². The maximum absolute atomic E-state index is 12.2. The van der Waals surface area contributed by atoms with Gasteiger partial charge in [0.05, 0.1) is 27.0 Å². The van der Waals surface area contributed by atoms with E-state index in [9.17, 15) is 14.4 Å². The summed E-state index contributed by atoms with van der Waals surface area (Å²) in [5, 5.41) is 5.15. The molecule has 3 rings (SSSR count). The maximum Gasteiger partial charge on any atom is 0.280 e. The molecular formula is C19H21N7O5. The zero-order valence-corrected chi connectivity index (χ0v) is 16.9. The van der Waals surface area contributed by atoms with Gasteiger partial charge in [0.1, 0.15) is 5.69 Å². The number of carbonyl (C=O) groups excluding carboxylic acids is 2. The Kier molecular flexibility index (Phi) is 6.60. The zero-order valence-electron chi connectivity index (χ0n) is 16.9. The molecule has 0 saturated carbocycles. The van der Waals surface area contributed by atoms with Crippen molar-refractivity contribution in [3.05, 3.63) is 46.0 Å². The van der Waals surface area contributed by atoms with Gasteiger partial charge in [-0.1, -0.05) is 6.07 Å². The molecule has 2 aromatic heterocycles. The zero-order chi connectivity index (χ0) is 22.4. The number of hydrogen-bond donors (Lipinski definition) is 4. The van der Waals surface area contributed by atoms with Crippen LogP contribution in [0.15, 0.2) is 29.2 Å². The Bertz CT molecular complexity index is 1180. The van der Waals surface area contributed by atoms with Gasteiger partial charge in [-0.2, -0.15) is 4.98 Å². The van der Waals surface area contributed by atoms with Crippen LogP contribution in [0.2, 0.25) is 0 Å². The van der Waals surface area contributed by atoms with Crippen LogP contribution in [0.3, 0.4) is 0 Å². The van der Waals surface area contributed by atoms with E-state index in [1.165, 1.54) is 0 Å². The van der Waals surface area contributed by atoms with Crippen molar-refractivity contribution in [1.82, 2.24) is 30.6 Å². The number of rotatable bonds is 8. The summed E-state index contributed by atoms with van der Waals surface area (Å²) in [4.78, 5) is 49.9. The number of benzene rings is 1. The number of carbonyl (C=O) groups is 2. The normalized spacial score (nSPS) is 10.5. The Labute approximate surface area is 176 Å². The van der Waals surface area contributed by atoms with E-state index in [4.69, 9.17) is 15.2 Å². The van der Waals surface area contributed by atoms with E-state index in [1.807, 2.05) is 12.1 Å². The number of aromatic nitrogens is 4. The van der Waals surface area contributed by atoms with Crippen molar-refractivity contribution in [1.29, 1.82) is 0 Å². The van der Waals surface area contributed by atoms with Crippen LogP contribution in [-0.4, -0.2) is 59.1 Å². The summed E-state index contributed by atoms with van der Waals surface area (Å²) in [6.45, 7) is 0.112. The van der Waals surface area contributed by atoms with E-state index >= 15 is 0 Å². The number of amides is 2. The molecule has 0 aliphatic carbocycles. The average molecular weight is 427 g/mol. The second-order valence-electron chi connectivity index (χ2n) is 6.35. The molecule has 0 bridgehead atoms. The summed E-state index contributed by atoms with van der Waals surface area (Å²) in [6, 6.07) is 5.49. The summed E-state index contributed by atoms with van der Waals surface area (Å²) in [7, 11) is 3.11. The van der Waals surface area contributed by atoms with E-state index in [2.05, 4.69) is 30.6 Å². The number of fused-ring (bicyclic) bond motifs is 1. The van der Waals surface area contributed by atoms with Crippen molar-refractivity contribution >= 4 is 28.9 Å². The Morgan fingerprint density at radius 2 is 1.90 bits per heavy atom. The lowest BCUT2D eigenvalue weighted by atomic mass is 10.1. The van der Waals surface area contributed by atoms with Gasteiger partial charge in [-0.25, -0.2) is 9.97 Å². The monoisotopic (exact) mass is 427 g/mol. The van der Waals surface area contributed by atoms with Crippen LogP contribution in [-0.2, 0) is 11.2 Å². The molecule has 3 aromatic rings. The van der Waals surface area contributed by atoms with Crippen molar-refractivity contribution in [3.63, 3.8) is 0 Å². The number of ether oxygens (including phenoxy) is 2. The van der Waals surface area contributed by atoms with Gasteiger partial charge in [0.15, 0.2) is 22.7 Å². The number of H-pyrrole nitrogens is 1. The van der Waals surface area contributed by atoms with E-state index in [-0.39, 0.29) is 35.3 Å². The minimum absolute atomic E-state index is 0.0429. The van der Waals surface area contributed by atoms with Crippen LogP contribution in [0.25, 0.3) is 11.2 Å². The molecule has 5 N–H and O–H groups in total. The summed E-state index contributed by atoms with van der Waals surface area (Å²) < 4.78 is 10.4. The molecule has 0 unspecified atom stereocenters. The van der Waals surface area contributed by atoms with Gasteiger partial charge in [-0.15, -0.1) is 0 Å². The van der Waals surface area contributed by atoms with Gasteiger partial charge < -0.3 is 25.8 Å². The van der Waals surface area contributed by atoms with Gasteiger partial charge in [-0.3, -0.25) is 19.4 Å². The highest BCUT2D eigenvalue weighted by Crippen LogP contribution is 2.27. The van der Waals surface area contributed by atoms with Crippen LogP contribution in [0, 0.1) is 0 Å². The fourth-order valence-electron chi connectivity index (χ4n) is 2.74. The number of aromatic amines is 1. The van der Waals surface area contributed by atoms with Crippen LogP contribution >= 0.6 is 0 Å². The molecule has 31 heavy (non-hydrogen) atoms. The second kappa shape index (κ2) is 9.52. The summed E-state index contributed by atoms with van der Waals surface area (Å²) in [6.07, 6.45) is 1.69. The van der Waals surface area contributed by atoms with Crippen LogP contribution < -0.4 is 31.4 Å². The minimum Gasteiger partial charge on any atom is -0.493 e. The predicted molar refractivity (Wildman–Crippen MR) is 111 cm³/mol. The number of methoxy groups -OCH3 is 2. The molecule has 12 heteroatoms. The topological polar surface area (TPSA) is 174 Å². The highest BCUT2D eigenvalue weighted by molar-refractivity contribution is 5.95. The third-order valence-electron chi connectivity index (χ3n) is 4.26. The molecule has 2 heterocycles. The number of anilines is 1. The molecule has 0 aliphatic heterocycles. The van der Waals surface area contributed by atoms with Gasteiger partial charge in [0, 0.05) is 6.54 Å². The molecule has 0 aliphatic rings. The fourth-order valence-corrected chi connectivity index (χ4v) is 2.74. The lowest BCUT2D eigenvalue weighted by Crippen LogP contribution is -2.38. The SMILES string of the molecule is COc1ccc(CCNC(=O)CNC(=O)c2cnc3c(=O)[nH]c(N)nc3n2)cc1OC. The van der Waals surface area contributed by atoms with E-state index < -0.39 is 11.5 Å². The standard InChI is InChI=1S/C19H21N7O5/c1-30-12-4-3-10(7-13(12)31-2)5-6-21-14(27)9-23-17(28)11-8-22-15-16(24-11)25-19(20)26-18(15)29/h3-4,7-8H,5-6,9H2,1-2H3,(H,21,27)(H,23,28)(H3,20,24,25,26,29). The molecule has 0 radical (unpaired) electrons. The average Bonchev–Trinajstić information content (AvgIpc) is 2.76. The molecule has 162 valence electrons. The summed E-state index contributed by atoms with van der Waals surface area (Å²) >= 11 is 0. The van der Waals surface area contributed by atoms with Gasteiger partial charge >= 0.3 is 0 Å². The first-order chi connectivity index (χ1) is 14.9. The largest absolute Gasteiger partial charge is 0.493 e. The molecule has 0 saturated heterocycles. The van der Waals surface area contributed by atoms with Crippen molar-refractivity contribution in [3.8, 4) is 11.5 Å². The Balaban J connectivity index is 1.51. The second-order valence-corrected chi connectivity index (χ2v) is 6.35. The lowest BCUT2D eigenvalue weighted by Gasteiger charge is -2.10. The lowest BCUT2D eigenvalue weighted by molar-refractivity contribution is -0.120. The van der Waals surface area contributed by atoms with Crippen molar-refractivity contribution in [2.45, 2.75) is 6.42 Å². The van der Waals surface area contributed by atoms with Crippen LogP contribution in [0.4, 0.5) is 5.95 Å². The van der Waals surface area contributed by atoms with Gasteiger partial charge in [0.2, 0.25) is 11.9 Å². The highest BCUT2D eigenvalue weighted by Gasteiger charge is 2.13. The third kappa shape index (κ3) is 5.23. The third-order valence-corrected chi connectivity index (χ3v) is 4.26.